The average Bonchev–Trinajstić information content (AvgIpc) is 2.21. The third kappa shape index (κ3) is 6.41. The summed E-state index contributed by atoms with van der Waals surface area (Å²) in [5.74, 6) is -2.54. The minimum absolute atomic E-state index is 0.234. The molecule has 1 amide bonds. The largest absolute Gasteiger partial charge is 0.480 e. The SMILES string of the molecule is NCC(=O)NCC(=O)OC[C@@H](N)C(=O)O. The molecule has 0 aliphatic heterocycles. The molecule has 0 aromatic rings. The van der Waals surface area contributed by atoms with Crippen LogP contribution in [-0.2, 0) is 19.1 Å². The Balaban J connectivity index is 3.66. The molecule has 0 radical (unpaired) electrons. The molecule has 0 aliphatic rings. The summed E-state index contributed by atoms with van der Waals surface area (Å²) >= 11 is 0. The van der Waals surface area contributed by atoms with E-state index in [4.69, 9.17) is 16.6 Å². The van der Waals surface area contributed by atoms with Gasteiger partial charge in [0.05, 0.1) is 6.54 Å². The number of hydrogen-bond donors (Lipinski definition) is 4. The number of carboxylic acids is 1. The van der Waals surface area contributed by atoms with Crippen molar-refractivity contribution in [3.05, 3.63) is 0 Å². The predicted octanol–water partition coefficient (Wildman–Crippen LogP) is -2.98. The zero-order valence-electron chi connectivity index (χ0n) is 7.93. The number of carbonyl (C=O) groups is 3. The van der Waals surface area contributed by atoms with Gasteiger partial charge < -0.3 is 26.6 Å². The second-order valence-electron chi connectivity index (χ2n) is 2.61. The first-order valence-corrected chi connectivity index (χ1v) is 4.08. The van der Waals surface area contributed by atoms with Crippen molar-refractivity contribution in [2.75, 3.05) is 19.7 Å². The molecular weight excluding hydrogens is 206 g/mol. The lowest BCUT2D eigenvalue weighted by Gasteiger charge is -2.08. The van der Waals surface area contributed by atoms with Crippen LogP contribution in [0.25, 0.3) is 0 Å². The average molecular weight is 219 g/mol. The van der Waals surface area contributed by atoms with Gasteiger partial charge in [0.15, 0.2) is 0 Å². The monoisotopic (exact) mass is 219 g/mol. The molecule has 0 spiro atoms. The molecule has 0 saturated heterocycles. The fourth-order valence-corrected chi connectivity index (χ4v) is 0.548. The molecule has 8 nitrogen and oxygen atoms in total. The van der Waals surface area contributed by atoms with E-state index in [-0.39, 0.29) is 13.1 Å². The Labute approximate surface area is 85.6 Å². The number of esters is 1. The molecule has 8 heteroatoms. The summed E-state index contributed by atoms with van der Waals surface area (Å²) in [4.78, 5) is 31.7. The lowest BCUT2D eigenvalue weighted by molar-refractivity contribution is -0.148. The molecule has 0 unspecified atom stereocenters. The maximum absolute atomic E-state index is 10.9. The van der Waals surface area contributed by atoms with E-state index in [1.807, 2.05) is 0 Å². The summed E-state index contributed by atoms with van der Waals surface area (Å²) in [5.41, 5.74) is 10.0. The molecule has 0 rings (SSSR count). The number of ether oxygens (including phenoxy) is 1. The van der Waals surface area contributed by atoms with Crippen LogP contribution in [0.15, 0.2) is 0 Å². The van der Waals surface area contributed by atoms with Gasteiger partial charge in [0.1, 0.15) is 19.2 Å². The summed E-state index contributed by atoms with van der Waals surface area (Å²) in [6, 6.07) is -1.26. The van der Waals surface area contributed by atoms with Gasteiger partial charge in [-0.1, -0.05) is 0 Å². The predicted molar refractivity (Wildman–Crippen MR) is 48.6 cm³/mol. The highest BCUT2D eigenvalue weighted by Crippen LogP contribution is 1.83. The second-order valence-corrected chi connectivity index (χ2v) is 2.61. The van der Waals surface area contributed by atoms with Crippen molar-refractivity contribution in [3.63, 3.8) is 0 Å². The standard InChI is InChI=1S/C7H13N3O5/c8-1-5(11)10-2-6(12)15-3-4(9)7(13)14/h4H,1-3,8-9H2,(H,10,11)(H,13,14)/t4-/m1/s1. The molecule has 6 N–H and O–H groups in total. The first kappa shape index (κ1) is 13.3. The Hall–Kier alpha value is -1.67. The molecule has 0 aliphatic carbocycles. The van der Waals surface area contributed by atoms with Gasteiger partial charge in [-0.05, 0) is 0 Å². The maximum atomic E-state index is 10.9. The Morgan fingerprint density at radius 1 is 1.40 bits per heavy atom. The van der Waals surface area contributed by atoms with Crippen LogP contribution < -0.4 is 16.8 Å². The van der Waals surface area contributed by atoms with Crippen LogP contribution in [0.5, 0.6) is 0 Å². The van der Waals surface area contributed by atoms with E-state index in [0.717, 1.165) is 0 Å². The first-order valence-electron chi connectivity index (χ1n) is 4.08. The second kappa shape index (κ2) is 6.74. The lowest BCUT2D eigenvalue weighted by Crippen LogP contribution is -2.39. The van der Waals surface area contributed by atoms with Crippen LogP contribution in [0.1, 0.15) is 0 Å². The zero-order chi connectivity index (χ0) is 11.8. The Morgan fingerprint density at radius 3 is 2.47 bits per heavy atom. The third-order valence-corrected chi connectivity index (χ3v) is 1.36. The first-order chi connectivity index (χ1) is 6.97. The smallest absolute Gasteiger partial charge is 0.325 e. The minimum Gasteiger partial charge on any atom is -0.480 e. The molecule has 1 atom stereocenters. The molecule has 0 saturated carbocycles. The number of rotatable bonds is 6. The number of aliphatic carboxylic acids is 1. The van der Waals surface area contributed by atoms with Crippen molar-refractivity contribution in [2.45, 2.75) is 6.04 Å². The number of carbonyl (C=O) groups excluding carboxylic acids is 2. The van der Waals surface area contributed by atoms with Crippen molar-refractivity contribution in [1.82, 2.24) is 5.32 Å². The van der Waals surface area contributed by atoms with E-state index < -0.39 is 30.5 Å². The van der Waals surface area contributed by atoms with Crippen molar-refractivity contribution in [2.24, 2.45) is 11.5 Å². The molecule has 0 aromatic carbocycles. The maximum Gasteiger partial charge on any atom is 0.325 e. The Morgan fingerprint density at radius 2 is 2.00 bits per heavy atom. The van der Waals surface area contributed by atoms with Gasteiger partial charge in [-0.25, -0.2) is 0 Å². The van der Waals surface area contributed by atoms with Gasteiger partial charge in [0, 0.05) is 0 Å². The quantitative estimate of drug-likeness (QED) is 0.348. The number of nitrogens with one attached hydrogen (secondary N) is 1. The number of hydrogen-bond acceptors (Lipinski definition) is 6. The molecular formula is C7H13N3O5. The van der Waals surface area contributed by atoms with Crippen LogP contribution in [0.4, 0.5) is 0 Å². The summed E-state index contributed by atoms with van der Waals surface area (Å²) in [5, 5.41) is 10.5. The van der Waals surface area contributed by atoms with Crippen LogP contribution in [-0.4, -0.2) is 48.7 Å². The highest BCUT2D eigenvalue weighted by atomic mass is 16.5. The van der Waals surface area contributed by atoms with Crippen molar-refractivity contribution >= 4 is 17.8 Å². The molecule has 86 valence electrons. The zero-order valence-corrected chi connectivity index (χ0v) is 7.93. The fourth-order valence-electron chi connectivity index (χ4n) is 0.548. The number of amides is 1. The highest BCUT2D eigenvalue weighted by Gasteiger charge is 2.14. The fraction of sp³-hybridized carbons (Fsp3) is 0.571. The molecule has 0 heterocycles. The van der Waals surface area contributed by atoms with Gasteiger partial charge >= 0.3 is 11.9 Å². The topological polar surface area (TPSA) is 145 Å². The van der Waals surface area contributed by atoms with E-state index >= 15 is 0 Å². The highest BCUT2D eigenvalue weighted by molar-refractivity contribution is 5.83. The van der Waals surface area contributed by atoms with Gasteiger partial charge in [-0.15, -0.1) is 0 Å². The third-order valence-electron chi connectivity index (χ3n) is 1.36. The Bertz CT molecular complexity index is 255. The summed E-state index contributed by atoms with van der Waals surface area (Å²) in [7, 11) is 0. The van der Waals surface area contributed by atoms with Gasteiger partial charge in [0.2, 0.25) is 5.91 Å². The van der Waals surface area contributed by atoms with E-state index in [0.29, 0.717) is 0 Å². The molecule has 0 fully saturated rings. The van der Waals surface area contributed by atoms with E-state index in [1.165, 1.54) is 0 Å². The minimum atomic E-state index is -1.27. The van der Waals surface area contributed by atoms with Crippen LogP contribution in [0, 0.1) is 0 Å². The summed E-state index contributed by atoms with van der Waals surface area (Å²) < 4.78 is 4.46. The van der Waals surface area contributed by atoms with Crippen molar-refractivity contribution < 1.29 is 24.2 Å². The van der Waals surface area contributed by atoms with Crippen LogP contribution in [0.3, 0.4) is 0 Å². The van der Waals surface area contributed by atoms with Gasteiger partial charge in [-0.2, -0.15) is 0 Å². The van der Waals surface area contributed by atoms with Crippen molar-refractivity contribution in [3.8, 4) is 0 Å². The molecule has 0 aromatic heterocycles. The molecule has 15 heavy (non-hydrogen) atoms. The van der Waals surface area contributed by atoms with Gasteiger partial charge in [0.25, 0.3) is 0 Å². The van der Waals surface area contributed by atoms with E-state index in [9.17, 15) is 14.4 Å². The van der Waals surface area contributed by atoms with Crippen LogP contribution in [0.2, 0.25) is 0 Å². The van der Waals surface area contributed by atoms with Crippen molar-refractivity contribution in [1.29, 1.82) is 0 Å². The number of carboxylic acid groups (broad SMARTS) is 1. The van der Waals surface area contributed by atoms with E-state index in [2.05, 4.69) is 10.1 Å². The Kier molecular flexibility index (Phi) is 5.99. The number of nitrogens with two attached hydrogens (primary N) is 2. The van der Waals surface area contributed by atoms with Crippen LogP contribution >= 0.6 is 0 Å². The lowest BCUT2D eigenvalue weighted by atomic mass is 10.3. The van der Waals surface area contributed by atoms with E-state index in [1.54, 1.807) is 0 Å². The summed E-state index contributed by atoms with van der Waals surface area (Å²) in [6.07, 6.45) is 0. The summed E-state index contributed by atoms with van der Waals surface area (Å²) in [6.45, 7) is -1.03. The normalized spacial score (nSPS) is 11.6. The molecule has 0 bridgehead atoms. The van der Waals surface area contributed by atoms with Gasteiger partial charge in [-0.3, -0.25) is 14.4 Å².